The quantitative estimate of drug-likeness (QED) is 0.363. The molecular formula is C21H21BFN5O2. The van der Waals surface area contributed by atoms with E-state index in [1.165, 1.54) is 18.2 Å². The van der Waals surface area contributed by atoms with Crippen LogP contribution in [0.3, 0.4) is 0 Å². The van der Waals surface area contributed by atoms with Crippen molar-refractivity contribution in [3.05, 3.63) is 77.2 Å². The van der Waals surface area contributed by atoms with E-state index >= 15 is 0 Å². The predicted molar refractivity (Wildman–Crippen MR) is 115 cm³/mol. The van der Waals surface area contributed by atoms with Gasteiger partial charge in [0, 0.05) is 24.2 Å². The highest BCUT2D eigenvalue weighted by Crippen LogP contribution is 2.25. The highest BCUT2D eigenvalue weighted by Gasteiger charge is 2.19. The second kappa shape index (κ2) is 8.23. The molecule has 0 bridgehead atoms. The Morgan fingerprint density at radius 2 is 1.90 bits per heavy atom. The van der Waals surface area contributed by atoms with Crippen molar-refractivity contribution >= 4 is 29.4 Å². The highest BCUT2D eigenvalue weighted by atomic mass is 19.1. The summed E-state index contributed by atoms with van der Waals surface area (Å²) >= 11 is 0. The molecule has 0 aliphatic heterocycles. The molecule has 30 heavy (non-hydrogen) atoms. The van der Waals surface area contributed by atoms with Crippen molar-refractivity contribution in [2.24, 2.45) is 5.73 Å². The minimum Gasteiger partial charge on any atom is -0.422 e. The van der Waals surface area contributed by atoms with Gasteiger partial charge >= 0.3 is 7.12 Å². The lowest BCUT2D eigenvalue weighted by Gasteiger charge is -2.13. The Kier molecular flexibility index (Phi) is 5.49. The van der Waals surface area contributed by atoms with Crippen LogP contribution in [-0.2, 0) is 13.1 Å². The fourth-order valence-electron chi connectivity index (χ4n) is 3.48. The van der Waals surface area contributed by atoms with E-state index in [0.717, 1.165) is 27.7 Å². The molecule has 2 aromatic heterocycles. The van der Waals surface area contributed by atoms with E-state index in [4.69, 9.17) is 5.73 Å². The topological polar surface area (TPSA) is 109 Å². The first kappa shape index (κ1) is 20.0. The molecule has 0 radical (unpaired) electrons. The largest absolute Gasteiger partial charge is 0.508 e. The molecule has 0 saturated carbocycles. The number of rotatable bonds is 6. The molecule has 152 valence electrons. The highest BCUT2D eigenvalue weighted by molar-refractivity contribution is 6.57. The minimum absolute atomic E-state index is 0.0537. The van der Waals surface area contributed by atoms with Crippen LogP contribution in [0.4, 0.5) is 10.2 Å². The molecule has 0 aliphatic rings. The van der Waals surface area contributed by atoms with Crippen molar-refractivity contribution in [1.29, 1.82) is 0 Å². The summed E-state index contributed by atoms with van der Waals surface area (Å²) in [6.45, 7) is 2.64. The van der Waals surface area contributed by atoms with Gasteiger partial charge in [-0.05, 0) is 48.4 Å². The van der Waals surface area contributed by atoms with E-state index in [1.807, 2.05) is 35.8 Å². The molecule has 2 aromatic carbocycles. The Balaban J connectivity index is 1.77. The van der Waals surface area contributed by atoms with Crippen molar-refractivity contribution in [2.45, 2.75) is 20.0 Å². The molecule has 2 heterocycles. The number of aromatic nitrogens is 3. The number of benzene rings is 2. The maximum absolute atomic E-state index is 13.4. The van der Waals surface area contributed by atoms with Gasteiger partial charge in [0.1, 0.15) is 11.6 Å². The van der Waals surface area contributed by atoms with Gasteiger partial charge in [0.2, 0.25) is 5.95 Å². The van der Waals surface area contributed by atoms with Gasteiger partial charge in [-0.3, -0.25) is 4.57 Å². The molecule has 0 unspecified atom stereocenters. The van der Waals surface area contributed by atoms with Gasteiger partial charge in [-0.15, -0.1) is 0 Å². The Hall–Kier alpha value is -3.27. The zero-order valence-electron chi connectivity index (χ0n) is 16.4. The second-order valence-electron chi connectivity index (χ2n) is 7.01. The van der Waals surface area contributed by atoms with Gasteiger partial charge < -0.3 is 21.1 Å². The number of halogens is 1. The second-order valence-corrected chi connectivity index (χ2v) is 7.01. The third kappa shape index (κ3) is 3.91. The van der Waals surface area contributed by atoms with E-state index in [1.54, 1.807) is 12.1 Å². The molecule has 0 spiro atoms. The zero-order chi connectivity index (χ0) is 21.3. The first-order valence-electron chi connectivity index (χ1n) is 9.50. The summed E-state index contributed by atoms with van der Waals surface area (Å²) < 4.78 is 15.3. The zero-order valence-corrected chi connectivity index (χ0v) is 16.4. The van der Waals surface area contributed by atoms with Gasteiger partial charge in [0.05, 0.1) is 11.1 Å². The fourth-order valence-corrected chi connectivity index (χ4v) is 3.48. The number of fused-ring (bicyclic) bond motifs is 1. The van der Waals surface area contributed by atoms with Crippen molar-refractivity contribution in [3.8, 4) is 5.95 Å². The summed E-state index contributed by atoms with van der Waals surface area (Å²) in [5, 5.41) is 23.5. The summed E-state index contributed by atoms with van der Waals surface area (Å²) in [5.74, 6) is 0.363. The fraction of sp³-hybridized carbons (Fsp3) is 0.143. The van der Waals surface area contributed by atoms with Crippen LogP contribution < -0.4 is 16.6 Å². The smallest absolute Gasteiger partial charge is 0.422 e. The molecule has 4 rings (SSSR count). The van der Waals surface area contributed by atoms with E-state index in [-0.39, 0.29) is 11.4 Å². The van der Waals surface area contributed by atoms with Crippen LogP contribution in [0.1, 0.15) is 16.8 Å². The standard InChI is InChI=1S/C21H21BFN5O2/c1-13-8-17-15(11-24)5-3-7-18(17)28(13)21-26-19(22(29)30)10-20(27-21)25-12-14-4-2-6-16(23)9-14/h2-10,29-30H,11-12,24H2,1H3,(H,25,26,27). The van der Waals surface area contributed by atoms with Crippen molar-refractivity contribution in [3.63, 3.8) is 0 Å². The first-order valence-corrected chi connectivity index (χ1v) is 9.50. The average Bonchev–Trinajstić information content (AvgIpc) is 3.08. The van der Waals surface area contributed by atoms with E-state index in [9.17, 15) is 14.4 Å². The third-order valence-corrected chi connectivity index (χ3v) is 4.90. The van der Waals surface area contributed by atoms with Gasteiger partial charge in [0.25, 0.3) is 0 Å². The SMILES string of the molecule is Cc1cc2c(CN)cccc2n1-c1nc(NCc2cccc(F)c2)cc(B(O)O)n1. The number of nitrogens with two attached hydrogens (primary N) is 1. The van der Waals surface area contributed by atoms with Crippen LogP contribution >= 0.6 is 0 Å². The van der Waals surface area contributed by atoms with E-state index in [2.05, 4.69) is 15.3 Å². The molecule has 5 N–H and O–H groups in total. The van der Waals surface area contributed by atoms with Crippen LogP contribution in [0, 0.1) is 12.7 Å². The summed E-state index contributed by atoms with van der Waals surface area (Å²) in [6, 6.07) is 15.5. The van der Waals surface area contributed by atoms with Crippen LogP contribution in [-0.4, -0.2) is 31.7 Å². The minimum atomic E-state index is -1.76. The lowest BCUT2D eigenvalue weighted by Crippen LogP contribution is -2.34. The number of anilines is 1. The number of aryl methyl sites for hydroxylation is 1. The normalized spacial score (nSPS) is 11.1. The monoisotopic (exact) mass is 405 g/mol. The summed E-state index contributed by atoms with van der Waals surface area (Å²) in [5.41, 5.74) is 9.40. The molecule has 0 aliphatic carbocycles. The van der Waals surface area contributed by atoms with Crippen LogP contribution in [0.15, 0.2) is 54.6 Å². The average molecular weight is 405 g/mol. The maximum atomic E-state index is 13.4. The van der Waals surface area contributed by atoms with Crippen LogP contribution in [0.5, 0.6) is 0 Å². The maximum Gasteiger partial charge on any atom is 0.508 e. The van der Waals surface area contributed by atoms with Crippen LogP contribution in [0.2, 0.25) is 0 Å². The Bertz CT molecular complexity index is 1210. The molecule has 0 amide bonds. The van der Waals surface area contributed by atoms with Gasteiger partial charge in [0.15, 0.2) is 0 Å². The van der Waals surface area contributed by atoms with E-state index in [0.29, 0.717) is 24.9 Å². The lowest BCUT2D eigenvalue weighted by atomic mass is 9.86. The number of hydrogen-bond acceptors (Lipinski definition) is 6. The molecule has 7 nitrogen and oxygen atoms in total. The molecule has 4 aromatic rings. The predicted octanol–water partition coefficient (Wildman–Crippen LogP) is 1.62. The summed E-state index contributed by atoms with van der Waals surface area (Å²) in [4.78, 5) is 8.89. The summed E-state index contributed by atoms with van der Waals surface area (Å²) in [7, 11) is -1.76. The Morgan fingerprint density at radius 1 is 1.10 bits per heavy atom. The van der Waals surface area contributed by atoms with E-state index < -0.39 is 7.12 Å². The Labute approximate surface area is 173 Å². The van der Waals surface area contributed by atoms with Crippen molar-refractivity contribution in [2.75, 3.05) is 5.32 Å². The molecular weight excluding hydrogens is 384 g/mol. The summed E-state index contributed by atoms with van der Waals surface area (Å²) in [6.07, 6.45) is 0. The van der Waals surface area contributed by atoms with Crippen molar-refractivity contribution < 1.29 is 14.4 Å². The lowest BCUT2D eigenvalue weighted by molar-refractivity contribution is 0.424. The number of hydrogen-bond donors (Lipinski definition) is 4. The first-order chi connectivity index (χ1) is 14.5. The number of nitrogens with zero attached hydrogens (tertiary/aromatic N) is 3. The Morgan fingerprint density at radius 3 is 2.63 bits per heavy atom. The van der Waals surface area contributed by atoms with Crippen molar-refractivity contribution in [1.82, 2.24) is 14.5 Å². The number of nitrogens with one attached hydrogen (secondary N) is 1. The molecule has 0 fully saturated rings. The molecule has 9 heteroatoms. The van der Waals surface area contributed by atoms with Gasteiger partial charge in [-0.2, -0.15) is 4.98 Å². The molecule has 0 atom stereocenters. The van der Waals surface area contributed by atoms with Gasteiger partial charge in [-0.1, -0.05) is 24.3 Å². The third-order valence-electron chi connectivity index (χ3n) is 4.90. The van der Waals surface area contributed by atoms with Crippen LogP contribution in [0.25, 0.3) is 16.9 Å². The molecule has 0 saturated heterocycles. The van der Waals surface area contributed by atoms with Gasteiger partial charge in [-0.25, -0.2) is 9.37 Å².